The summed E-state index contributed by atoms with van der Waals surface area (Å²) in [5.41, 5.74) is 2.19. The van der Waals surface area contributed by atoms with Gasteiger partial charge in [-0.2, -0.15) is 0 Å². The molecule has 1 aliphatic heterocycles. The largest absolute Gasteiger partial charge is 0.480 e. The van der Waals surface area contributed by atoms with E-state index < -0.39 is 6.10 Å². The molecule has 1 atom stereocenters. The zero-order valence-electron chi connectivity index (χ0n) is 11.1. The van der Waals surface area contributed by atoms with Gasteiger partial charge in [0.1, 0.15) is 17.1 Å². The number of carbonyl (C=O) groups is 1. The molecule has 1 aliphatic rings. The monoisotopic (exact) mass is 292 g/mol. The van der Waals surface area contributed by atoms with Crippen molar-refractivity contribution in [3.8, 4) is 5.75 Å². The van der Waals surface area contributed by atoms with Gasteiger partial charge in [-0.15, -0.1) is 0 Å². The second-order valence-electron chi connectivity index (χ2n) is 4.75. The molecular formula is C14H13ClN2O3. The Balaban J connectivity index is 1.75. The Hall–Kier alpha value is -2.01. The van der Waals surface area contributed by atoms with E-state index in [-0.39, 0.29) is 5.91 Å². The average Bonchev–Trinajstić information content (AvgIpc) is 2.96. The molecule has 20 heavy (non-hydrogen) atoms. The number of amides is 1. The van der Waals surface area contributed by atoms with Crippen LogP contribution in [0.25, 0.3) is 0 Å². The molecule has 0 unspecified atom stereocenters. The first-order chi connectivity index (χ1) is 9.54. The van der Waals surface area contributed by atoms with E-state index in [4.69, 9.17) is 20.9 Å². The average molecular weight is 293 g/mol. The summed E-state index contributed by atoms with van der Waals surface area (Å²) in [7, 11) is 0. The Labute approximate surface area is 120 Å². The summed E-state index contributed by atoms with van der Waals surface area (Å²) in [5.74, 6) is 1.06. The fourth-order valence-corrected chi connectivity index (χ4v) is 2.42. The maximum atomic E-state index is 12.2. The highest BCUT2D eigenvalue weighted by molar-refractivity contribution is 6.30. The Bertz CT molecular complexity index is 662. The van der Waals surface area contributed by atoms with Gasteiger partial charge in [0.2, 0.25) is 0 Å². The topological polar surface area (TPSA) is 64.4 Å². The fourth-order valence-electron chi connectivity index (χ4n) is 2.23. The molecule has 0 bridgehead atoms. The van der Waals surface area contributed by atoms with Gasteiger partial charge >= 0.3 is 0 Å². The van der Waals surface area contributed by atoms with Crippen molar-refractivity contribution in [3.05, 3.63) is 40.2 Å². The molecule has 0 fully saturated rings. The summed E-state index contributed by atoms with van der Waals surface area (Å²) in [6, 6.07) is 5.34. The van der Waals surface area contributed by atoms with Crippen LogP contribution in [0.1, 0.15) is 17.0 Å². The molecule has 1 aromatic heterocycles. The van der Waals surface area contributed by atoms with Crippen LogP contribution < -0.4 is 10.1 Å². The summed E-state index contributed by atoms with van der Waals surface area (Å²) in [6.07, 6.45) is -0.0531. The lowest BCUT2D eigenvalue weighted by molar-refractivity contribution is -0.122. The smallest absolute Gasteiger partial charge is 0.265 e. The number of fused-ring (bicyclic) bond motifs is 1. The minimum absolute atomic E-state index is 0.216. The Morgan fingerprint density at radius 2 is 2.25 bits per heavy atom. The molecule has 1 N–H and O–H groups in total. The number of anilines is 1. The highest BCUT2D eigenvalue weighted by Gasteiger charge is 2.30. The summed E-state index contributed by atoms with van der Waals surface area (Å²) >= 11 is 5.93. The van der Waals surface area contributed by atoms with Crippen LogP contribution in [0, 0.1) is 13.8 Å². The lowest BCUT2D eigenvalue weighted by Gasteiger charge is -2.10. The number of rotatable bonds is 2. The van der Waals surface area contributed by atoms with Crippen LogP contribution in [0.3, 0.4) is 0 Å². The second kappa shape index (κ2) is 4.83. The van der Waals surface area contributed by atoms with Crippen LogP contribution in [-0.2, 0) is 11.2 Å². The summed E-state index contributed by atoms with van der Waals surface area (Å²) in [4.78, 5) is 12.2. The van der Waals surface area contributed by atoms with Crippen molar-refractivity contribution in [2.75, 3.05) is 5.32 Å². The third kappa shape index (κ3) is 2.25. The molecule has 0 saturated heterocycles. The fraction of sp³-hybridized carbons (Fsp3) is 0.286. The lowest BCUT2D eigenvalue weighted by Crippen LogP contribution is -2.31. The van der Waals surface area contributed by atoms with E-state index in [1.54, 1.807) is 26.0 Å². The van der Waals surface area contributed by atoms with Crippen molar-refractivity contribution in [3.63, 3.8) is 0 Å². The van der Waals surface area contributed by atoms with E-state index in [1.165, 1.54) is 0 Å². The summed E-state index contributed by atoms with van der Waals surface area (Å²) in [6.45, 7) is 3.52. The first-order valence-electron chi connectivity index (χ1n) is 6.23. The normalized spacial score (nSPS) is 16.6. The maximum Gasteiger partial charge on any atom is 0.265 e. The molecule has 104 valence electrons. The minimum atomic E-state index is -0.558. The van der Waals surface area contributed by atoms with Gasteiger partial charge in [0.05, 0.1) is 0 Å². The number of halogens is 1. The van der Waals surface area contributed by atoms with Crippen LogP contribution in [-0.4, -0.2) is 17.2 Å². The Morgan fingerprint density at radius 3 is 2.95 bits per heavy atom. The third-order valence-electron chi connectivity index (χ3n) is 3.27. The molecule has 0 aliphatic carbocycles. The van der Waals surface area contributed by atoms with Gasteiger partial charge in [0, 0.05) is 11.4 Å². The number of hydrogen-bond acceptors (Lipinski definition) is 4. The van der Waals surface area contributed by atoms with Gasteiger partial charge in [-0.3, -0.25) is 4.79 Å². The van der Waals surface area contributed by atoms with Crippen molar-refractivity contribution < 1.29 is 14.1 Å². The summed E-state index contributed by atoms with van der Waals surface area (Å²) < 4.78 is 10.6. The molecule has 2 aromatic rings. The lowest BCUT2D eigenvalue weighted by atomic mass is 10.1. The number of nitrogens with one attached hydrogen (secondary N) is 1. The molecule has 2 heterocycles. The van der Waals surface area contributed by atoms with E-state index in [2.05, 4.69) is 10.5 Å². The van der Waals surface area contributed by atoms with Crippen LogP contribution in [0.4, 0.5) is 5.69 Å². The molecular weight excluding hydrogens is 280 g/mol. The van der Waals surface area contributed by atoms with Crippen LogP contribution >= 0.6 is 11.6 Å². The van der Waals surface area contributed by atoms with E-state index in [1.807, 2.05) is 6.07 Å². The molecule has 0 saturated carbocycles. The molecule has 0 radical (unpaired) electrons. The molecule has 1 amide bonds. The second-order valence-corrected chi connectivity index (χ2v) is 5.19. The van der Waals surface area contributed by atoms with E-state index in [0.29, 0.717) is 34.3 Å². The zero-order valence-corrected chi connectivity index (χ0v) is 11.8. The first kappa shape index (κ1) is 13.0. The Kier molecular flexibility index (Phi) is 3.14. The highest BCUT2D eigenvalue weighted by Crippen LogP contribution is 2.31. The van der Waals surface area contributed by atoms with Gasteiger partial charge in [-0.05, 0) is 37.6 Å². The molecule has 5 nitrogen and oxygen atoms in total. The zero-order chi connectivity index (χ0) is 14.3. The van der Waals surface area contributed by atoms with Crippen molar-refractivity contribution in [2.45, 2.75) is 26.4 Å². The molecule has 1 aromatic carbocycles. The van der Waals surface area contributed by atoms with E-state index in [9.17, 15) is 4.79 Å². The van der Waals surface area contributed by atoms with Crippen LogP contribution in [0.5, 0.6) is 5.75 Å². The third-order valence-corrected chi connectivity index (χ3v) is 3.51. The van der Waals surface area contributed by atoms with E-state index >= 15 is 0 Å². The van der Waals surface area contributed by atoms with Gasteiger partial charge < -0.3 is 14.6 Å². The maximum absolute atomic E-state index is 12.2. The molecule has 0 spiro atoms. The number of aromatic nitrogens is 1. The van der Waals surface area contributed by atoms with Crippen molar-refractivity contribution in [1.29, 1.82) is 0 Å². The first-order valence-corrected chi connectivity index (χ1v) is 6.61. The number of hydrogen-bond donors (Lipinski definition) is 1. The number of ether oxygens (including phenoxy) is 1. The number of aryl methyl sites for hydroxylation is 2. The van der Waals surface area contributed by atoms with Crippen molar-refractivity contribution in [2.24, 2.45) is 0 Å². The molecule has 3 rings (SSSR count). The quantitative estimate of drug-likeness (QED) is 0.924. The van der Waals surface area contributed by atoms with Gasteiger partial charge in [-0.1, -0.05) is 16.8 Å². The predicted molar refractivity (Wildman–Crippen MR) is 74.2 cm³/mol. The van der Waals surface area contributed by atoms with Gasteiger partial charge in [-0.25, -0.2) is 0 Å². The summed E-state index contributed by atoms with van der Waals surface area (Å²) in [5, 5.41) is 7.23. The highest BCUT2D eigenvalue weighted by atomic mass is 35.5. The molecule has 6 heteroatoms. The standard InChI is InChI=1S/C14H13ClN2O3/c1-7-13(8(2)20-17-7)16-14(18)12-6-9-5-10(15)3-4-11(9)19-12/h3-5,12H,6H2,1-2H3,(H,16,18)/t12-/m0/s1. The number of benzene rings is 1. The van der Waals surface area contributed by atoms with Gasteiger partial charge in [0.15, 0.2) is 11.9 Å². The van der Waals surface area contributed by atoms with Crippen molar-refractivity contribution >= 4 is 23.2 Å². The SMILES string of the molecule is Cc1noc(C)c1NC(=O)[C@@H]1Cc2cc(Cl)ccc2O1. The minimum Gasteiger partial charge on any atom is -0.480 e. The van der Waals surface area contributed by atoms with Crippen LogP contribution in [0.15, 0.2) is 22.7 Å². The van der Waals surface area contributed by atoms with Crippen molar-refractivity contribution in [1.82, 2.24) is 5.16 Å². The Morgan fingerprint density at radius 1 is 1.45 bits per heavy atom. The number of nitrogens with zero attached hydrogens (tertiary/aromatic N) is 1. The predicted octanol–water partition coefficient (Wildman–Crippen LogP) is 2.89. The van der Waals surface area contributed by atoms with E-state index in [0.717, 1.165) is 5.56 Å². The van der Waals surface area contributed by atoms with Crippen LogP contribution in [0.2, 0.25) is 5.02 Å². The van der Waals surface area contributed by atoms with Gasteiger partial charge in [0.25, 0.3) is 5.91 Å². The number of carbonyl (C=O) groups excluding carboxylic acids is 1.